The highest BCUT2D eigenvalue weighted by molar-refractivity contribution is 5.96. The molecule has 0 aromatic heterocycles. The molecule has 0 radical (unpaired) electrons. The molecule has 0 bridgehead atoms. The number of amides is 1. The summed E-state index contributed by atoms with van der Waals surface area (Å²) in [5, 5.41) is 33.4. The lowest BCUT2D eigenvalue weighted by molar-refractivity contribution is -0.993. The molecule has 1 heterocycles. The van der Waals surface area contributed by atoms with Crippen LogP contribution in [0.25, 0.3) is 0 Å². The maximum Gasteiger partial charge on any atom is 0.252 e. The first-order chi connectivity index (χ1) is 13.7. The molecule has 1 amide bonds. The summed E-state index contributed by atoms with van der Waals surface area (Å²) in [5.74, 6) is -0.255. The van der Waals surface area contributed by atoms with E-state index < -0.39 is 23.5 Å². The third-order valence-electron chi connectivity index (χ3n) is 8.17. The van der Waals surface area contributed by atoms with Crippen molar-refractivity contribution in [1.82, 2.24) is 0 Å². The quantitative estimate of drug-likeness (QED) is 0.456. The number of likely N-dealkylation sites (tertiary alicyclic amines) is 1. The van der Waals surface area contributed by atoms with Gasteiger partial charge in [-0.3, -0.25) is 4.79 Å². The van der Waals surface area contributed by atoms with Crippen molar-refractivity contribution >= 4 is 5.91 Å². The van der Waals surface area contributed by atoms with Gasteiger partial charge in [-0.15, -0.1) is 0 Å². The van der Waals surface area contributed by atoms with Crippen LogP contribution in [0.1, 0.15) is 53.1 Å². The summed E-state index contributed by atoms with van der Waals surface area (Å²) in [4.78, 5) is 11.8. The van der Waals surface area contributed by atoms with Crippen LogP contribution in [0.3, 0.4) is 0 Å². The van der Waals surface area contributed by atoms with Crippen molar-refractivity contribution in [3.8, 4) is 5.75 Å². The zero-order chi connectivity index (χ0) is 20.6. The molecule has 1 saturated carbocycles. The fourth-order valence-electron chi connectivity index (χ4n) is 6.87. The Kier molecular flexibility index (Phi) is 4.15. The summed E-state index contributed by atoms with van der Waals surface area (Å²) in [6.07, 6.45) is 7.69. The van der Waals surface area contributed by atoms with Crippen LogP contribution in [0, 0.1) is 11.8 Å². The van der Waals surface area contributed by atoms with E-state index in [-0.39, 0.29) is 17.4 Å². The number of aliphatic hydroxyl groups is 2. The number of hydrogen-bond acceptors (Lipinski definition) is 4. The van der Waals surface area contributed by atoms with Gasteiger partial charge < -0.3 is 25.5 Å². The molecule has 2 fully saturated rings. The number of hydrogen-bond donors (Lipinski definition) is 4. The van der Waals surface area contributed by atoms with E-state index in [2.05, 4.69) is 7.05 Å². The molecule has 1 saturated heterocycles. The second-order valence-corrected chi connectivity index (χ2v) is 10.1. The average molecular weight is 400 g/mol. The van der Waals surface area contributed by atoms with Gasteiger partial charge in [0.25, 0.3) is 5.91 Å². The highest BCUT2D eigenvalue weighted by atomic mass is 16.3. The third-order valence-corrected chi connectivity index (χ3v) is 8.17. The van der Waals surface area contributed by atoms with Gasteiger partial charge in [0.15, 0.2) is 0 Å². The van der Waals surface area contributed by atoms with Crippen LogP contribution < -0.4 is 5.73 Å². The van der Waals surface area contributed by atoms with E-state index in [0.717, 1.165) is 35.5 Å². The molecule has 4 aliphatic rings. The number of aliphatic hydroxyl groups excluding tert-OH is 1. The van der Waals surface area contributed by atoms with Gasteiger partial charge in [0.1, 0.15) is 17.4 Å². The Morgan fingerprint density at radius 3 is 2.76 bits per heavy atom. The van der Waals surface area contributed by atoms with Gasteiger partial charge in [-0.1, -0.05) is 18.6 Å². The number of phenols is 1. The lowest BCUT2D eigenvalue weighted by Gasteiger charge is -2.62. The summed E-state index contributed by atoms with van der Waals surface area (Å²) < 4.78 is 0.834. The molecule has 29 heavy (non-hydrogen) atoms. The number of aromatic hydroxyl groups is 1. The average Bonchev–Trinajstić information content (AvgIpc) is 2.68. The number of carbonyl (C=O) groups excluding carboxylic acids is 1. The van der Waals surface area contributed by atoms with Crippen molar-refractivity contribution in [2.45, 2.75) is 55.8 Å². The molecule has 6 heteroatoms. The van der Waals surface area contributed by atoms with Crippen molar-refractivity contribution in [2.24, 2.45) is 17.6 Å². The molecule has 156 valence electrons. The number of fused-ring (bicyclic) bond motifs is 5. The first-order valence-corrected chi connectivity index (χ1v) is 10.8. The molecular formula is C23H31N2O4+. The number of nitrogens with zero attached hydrogens (tertiary/aromatic N) is 1. The van der Waals surface area contributed by atoms with E-state index >= 15 is 0 Å². The van der Waals surface area contributed by atoms with Crippen molar-refractivity contribution < 1.29 is 24.6 Å². The molecule has 1 aliphatic heterocycles. The highest BCUT2D eigenvalue weighted by Gasteiger charge is 2.65. The number of quaternary nitrogens is 1. The molecule has 6 nitrogen and oxygen atoms in total. The number of likely N-dealkylation sites (N-methyl/N-ethyl adjacent to an activating group) is 1. The van der Waals surface area contributed by atoms with Crippen LogP contribution in [0.2, 0.25) is 0 Å². The lowest BCUT2D eigenvalue weighted by atomic mass is 9.64. The van der Waals surface area contributed by atoms with Gasteiger partial charge >= 0.3 is 0 Å². The Hall–Kier alpha value is -1.89. The van der Waals surface area contributed by atoms with Crippen LogP contribution in [0.5, 0.6) is 5.75 Å². The van der Waals surface area contributed by atoms with E-state index in [1.54, 1.807) is 18.2 Å². The first kappa shape index (κ1) is 19.1. The minimum atomic E-state index is -1.17. The standard InChI is InChI=1S/C23H30N2O4/c1-25(11-13-3-2-4-13)12-15-9-14-5-6-17(22(24)28)20(27)19(14)18-10-16(26)7-8-23(18,29)21(15)25/h5-8,13,15-16,18,21,26,29H,2-4,9-12H2,1H3,(H2-,24,27,28)/p+1/t15?,16-,18?,21+,23-,25?/m0/s1. The zero-order valence-corrected chi connectivity index (χ0v) is 16.9. The molecule has 0 spiro atoms. The van der Waals surface area contributed by atoms with E-state index in [1.807, 2.05) is 6.07 Å². The van der Waals surface area contributed by atoms with Gasteiger partial charge in [-0.25, -0.2) is 0 Å². The Labute approximate surface area is 171 Å². The van der Waals surface area contributed by atoms with E-state index in [1.165, 1.54) is 19.3 Å². The summed E-state index contributed by atoms with van der Waals surface area (Å²) in [7, 11) is 2.25. The van der Waals surface area contributed by atoms with Crippen LogP contribution in [0.4, 0.5) is 0 Å². The highest BCUT2D eigenvalue weighted by Crippen LogP contribution is 2.56. The van der Waals surface area contributed by atoms with Crippen molar-refractivity contribution in [3.05, 3.63) is 41.0 Å². The first-order valence-electron chi connectivity index (χ1n) is 10.8. The van der Waals surface area contributed by atoms with Gasteiger partial charge in [0, 0.05) is 17.4 Å². The Morgan fingerprint density at radius 1 is 1.34 bits per heavy atom. The normalized spacial score (nSPS) is 40.7. The van der Waals surface area contributed by atoms with Crippen molar-refractivity contribution in [1.29, 1.82) is 0 Å². The van der Waals surface area contributed by atoms with Crippen LogP contribution in [-0.4, -0.2) is 63.6 Å². The van der Waals surface area contributed by atoms with Crippen LogP contribution >= 0.6 is 0 Å². The largest absolute Gasteiger partial charge is 0.507 e. The van der Waals surface area contributed by atoms with Gasteiger partial charge in [-0.05, 0) is 43.4 Å². The molecule has 5 rings (SSSR count). The fraction of sp³-hybridized carbons (Fsp3) is 0.609. The predicted octanol–water partition coefficient (Wildman–Crippen LogP) is 1.43. The SMILES string of the molecule is C[N+]1(CC2CCC2)CC2Cc3ccc(C(N)=O)c(O)c3C3C[C@@H](O)C=C[C@@]3(O)[C@@H]21. The molecule has 3 unspecified atom stereocenters. The molecule has 1 aromatic carbocycles. The minimum absolute atomic E-state index is 0.0145. The summed E-state index contributed by atoms with van der Waals surface area (Å²) in [5.41, 5.74) is 5.94. The van der Waals surface area contributed by atoms with E-state index in [4.69, 9.17) is 5.73 Å². The fourth-order valence-corrected chi connectivity index (χ4v) is 6.87. The number of benzene rings is 1. The number of rotatable bonds is 3. The van der Waals surface area contributed by atoms with Crippen molar-refractivity contribution in [2.75, 3.05) is 20.1 Å². The maximum absolute atomic E-state index is 12.1. The van der Waals surface area contributed by atoms with Crippen LogP contribution in [-0.2, 0) is 6.42 Å². The monoisotopic (exact) mass is 399 g/mol. The molecule has 6 atom stereocenters. The summed E-state index contributed by atoms with van der Waals surface area (Å²) >= 11 is 0. The maximum atomic E-state index is 12.1. The van der Waals surface area contributed by atoms with Gasteiger partial charge in [-0.2, -0.15) is 0 Å². The summed E-state index contributed by atoms with van der Waals surface area (Å²) in [6, 6.07) is 3.48. The molecule has 3 aliphatic carbocycles. The third kappa shape index (κ3) is 2.69. The lowest BCUT2D eigenvalue weighted by Crippen LogP contribution is -2.77. The second kappa shape index (κ2) is 6.30. The van der Waals surface area contributed by atoms with E-state index in [0.29, 0.717) is 17.9 Å². The van der Waals surface area contributed by atoms with Gasteiger partial charge in [0.2, 0.25) is 0 Å². The second-order valence-electron chi connectivity index (χ2n) is 10.1. The number of nitrogens with two attached hydrogens (primary N) is 1. The zero-order valence-electron chi connectivity index (χ0n) is 16.9. The number of primary amides is 1. The van der Waals surface area contributed by atoms with E-state index in [9.17, 15) is 20.1 Å². The molecular weight excluding hydrogens is 368 g/mol. The summed E-state index contributed by atoms with van der Waals surface area (Å²) in [6.45, 7) is 2.08. The molecule has 5 N–H and O–H groups in total. The number of carbonyl (C=O) groups is 1. The Morgan fingerprint density at radius 2 is 2.10 bits per heavy atom. The minimum Gasteiger partial charge on any atom is -0.507 e. The topological polar surface area (TPSA) is 104 Å². The van der Waals surface area contributed by atoms with Gasteiger partial charge in [0.05, 0.1) is 37.7 Å². The Bertz CT molecular complexity index is 895. The van der Waals surface area contributed by atoms with Crippen molar-refractivity contribution in [3.63, 3.8) is 0 Å². The predicted molar refractivity (Wildman–Crippen MR) is 108 cm³/mol. The Balaban J connectivity index is 1.63. The smallest absolute Gasteiger partial charge is 0.252 e. The molecule has 1 aromatic rings. The van der Waals surface area contributed by atoms with Crippen LogP contribution in [0.15, 0.2) is 24.3 Å².